The molecule has 0 aliphatic rings. The predicted molar refractivity (Wildman–Crippen MR) is 93.2 cm³/mol. The van der Waals surface area contributed by atoms with Crippen LogP contribution in [0.25, 0.3) is 0 Å². The van der Waals surface area contributed by atoms with Crippen molar-refractivity contribution in [3.05, 3.63) is 40.6 Å². The molecular formula is C16H20BrN3S. The lowest BCUT2D eigenvalue weighted by Gasteiger charge is -2.19. The number of nitrogens with one attached hydrogen (secondary N) is 1. The van der Waals surface area contributed by atoms with Crippen molar-refractivity contribution in [2.75, 3.05) is 11.9 Å². The summed E-state index contributed by atoms with van der Waals surface area (Å²) in [6, 6.07) is 8.66. The first-order chi connectivity index (χ1) is 9.91. The average Bonchev–Trinajstić information content (AvgIpc) is 2.43. The van der Waals surface area contributed by atoms with Gasteiger partial charge in [0, 0.05) is 11.4 Å². The molecule has 1 N–H and O–H groups in total. The van der Waals surface area contributed by atoms with Crippen LogP contribution in [0.5, 0.6) is 0 Å². The van der Waals surface area contributed by atoms with E-state index in [-0.39, 0.29) is 5.41 Å². The third-order valence-corrected chi connectivity index (χ3v) is 5.06. The van der Waals surface area contributed by atoms with Crippen LogP contribution in [-0.4, -0.2) is 16.5 Å². The van der Waals surface area contributed by atoms with E-state index < -0.39 is 0 Å². The first-order valence-electron chi connectivity index (χ1n) is 6.94. The summed E-state index contributed by atoms with van der Waals surface area (Å²) >= 11 is 5.21. The van der Waals surface area contributed by atoms with Crippen molar-refractivity contribution in [1.82, 2.24) is 9.97 Å². The largest absolute Gasteiger partial charge is 0.369 e. The Kier molecular flexibility index (Phi) is 5.27. The van der Waals surface area contributed by atoms with Gasteiger partial charge in [-0.15, -0.1) is 0 Å². The molecule has 3 nitrogen and oxygen atoms in total. The number of halogens is 1. The average molecular weight is 366 g/mol. The molecule has 0 unspecified atom stereocenters. The van der Waals surface area contributed by atoms with Crippen molar-refractivity contribution in [1.29, 1.82) is 0 Å². The van der Waals surface area contributed by atoms with Gasteiger partial charge in [0.2, 0.25) is 0 Å². The highest BCUT2D eigenvalue weighted by Crippen LogP contribution is 2.35. The van der Waals surface area contributed by atoms with Crippen LogP contribution < -0.4 is 5.32 Å². The summed E-state index contributed by atoms with van der Waals surface area (Å²) in [5, 5.41) is 4.14. The van der Waals surface area contributed by atoms with Crippen molar-refractivity contribution in [3.63, 3.8) is 0 Å². The summed E-state index contributed by atoms with van der Waals surface area (Å²) in [5.74, 6) is 0.835. The summed E-state index contributed by atoms with van der Waals surface area (Å²) < 4.78 is 0.914. The van der Waals surface area contributed by atoms with E-state index in [0.717, 1.165) is 21.9 Å². The molecule has 0 fully saturated rings. The van der Waals surface area contributed by atoms with Crippen LogP contribution in [-0.2, 0) is 5.41 Å². The first kappa shape index (κ1) is 16.3. The molecule has 2 aromatic rings. The van der Waals surface area contributed by atoms with Gasteiger partial charge in [0.25, 0.3) is 0 Å². The standard InChI is InChI=1S/C16H20BrN3S/c1-5-18-14-13(17)15(20-10-19-14)21-12-8-6-11(7-9-12)16(2,3)4/h6-10H,5H2,1-4H3,(H,18,19,20). The monoisotopic (exact) mass is 365 g/mol. The number of benzene rings is 1. The molecule has 0 atom stereocenters. The Bertz CT molecular complexity index is 606. The van der Waals surface area contributed by atoms with E-state index in [1.165, 1.54) is 10.5 Å². The Hall–Kier alpha value is -1.07. The van der Waals surface area contributed by atoms with Gasteiger partial charge in [0.15, 0.2) is 0 Å². The van der Waals surface area contributed by atoms with Crippen LogP contribution >= 0.6 is 27.7 Å². The minimum absolute atomic E-state index is 0.177. The van der Waals surface area contributed by atoms with Crippen molar-refractivity contribution < 1.29 is 0 Å². The second kappa shape index (κ2) is 6.79. The van der Waals surface area contributed by atoms with Crippen LogP contribution in [0.3, 0.4) is 0 Å². The van der Waals surface area contributed by atoms with E-state index >= 15 is 0 Å². The van der Waals surface area contributed by atoms with Gasteiger partial charge in [-0.1, -0.05) is 44.7 Å². The van der Waals surface area contributed by atoms with Crippen molar-refractivity contribution in [2.24, 2.45) is 0 Å². The predicted octanol–water partition coefficient (Wildman–Crippen LogP) is 5.12. The van der Waals surface area contributed by atoms with Gasteiger partial charge in [-0.05, 0) is 46.0 Å². The fourth-order valence-corrected chi connectivity index (χ4v) is 3.22. The SMILES string of the molecule is CCNc1ncnc(Sc2ccc(C(C)(C)C)cc2)c1Br. The third-order valence-electron chi connectivity index (χ3n) is 3.04. The highest BCUT2D eigenvalue weighted by atomic mass is 79.9. The highest BCUT2D eigenvalue weighted by Gasteiger charge is 2.14. The van der Waals surface area contributed by atoms with Gasteiger partial charge in [-0.25, -0.2) is 9.97 Å². The lowest BCUT2D eigenvalue weighted by atomic mass is 9.87. The lowest BCUT2D eigenvalue weighted by Crippen LogP contribution is -2.10. The van der Waals surface area contributed by atoms with Gasteiger partial charge < -0.3 is 5.32 Å². The van der Waals surface area contributed by atoms with Gasteiger partial charge in [0.1, 0.15) is 17.2 Å². The molecule has 0 bridgehead atoms. The fraction of sp³-hybridized carbons (Fsp3) is 0.375. The molecule has 1 aromatic carbocycles. The van der Waals surface area contributed by atoms with Crippen LogP contribution in [0.2, 0.25) is 0 Å². The van der Waals surface area contributed by atoms with Gasteiger partial charge in [-0.3, -0.25) is 0 Å². The molecule has 1 heterocycles. The molecule has 0 radical (unpaired) electrons. The van der Waals surface area contributed by atoms with Crippen LogP contribution in [0.4, 0.5) is 5.82 Å². The quantitative estimate of drug-likeness (QED) is 0.763. The van der Waals surface area contributed by atoms with Crippen LogP contribution in [0, 0.1) is 0 Å². The number of hydrogen-bond acceptors (Lipinski definition) is 4. The maximum Gasteiger partial charge on any atom is 0.144 e. The highest BCUT2D eigenvalue weighted by molar-refractivity contribution is 9.10. The summed E-state index contributed by atoms with van der Waals surface area (Å²) in [6.45, 7) is 9.54. The molecule has 21 heavy (non-hydrogen) atoms. The molecule has 0 aliphatic heterocycles. The van der Waals surface area contributed by atoms with Crippen LogP contribution in [0.1, 0.15) is 33.3 Å². The minimum Gasteiger partial charge on any atom is -0.369 e. The summed E-state index contributed by atoms with van der Waals surface area (Å²) in [6.07, 6.45) is 1.59. The molecule has 0 saturated heterocycles. The van der Waals surface area contributed by atoms with Gasteiger partial charge in [0.05, 0.1) is 4.47 Å². The summed E-state index contributed by atoms with van der Waals surface area (Å²) in [4.78, 5) is 9.76. The smallest absolute Gasteiger partial charge is 0.144 e. The van der Waals surface area contributed by atoms with E-state index in [0.29, 0.717) is 0 Å². The molecule has 112 valence electrons. The third kappa shape index (κ3) is 4.20. The van der Waals surface area contributed by atoms with E-state index in [4.69, 9.17) is 0 Å². The molecule has 2 rings (SSSR count). The van der Waals surface area contributed by atoms with E-state index in [9.17, 15) is 0 Å². The Labute approximate surface area is 139 Å². The second-order valence-electron chi connectivity index (χ2n) is 5.75. The number of aromatic nitrogens is 2. The first-order valence-corrected chi connectivity index (χ1v) is 8.55. The molecule has 0 saturated carbocycles. The molecule has 0 amide bonds. The maximum absolute atomic E-state index is 4.35. The maximum atomic E-state index is 4.35. The van der Waals surface area contributed by atoms with Crippen molar-refractivity contribution in [2.45, 2.75) is 43.0 Å². The zero-order valence-corrected chi connectivity index (χ0v) is 15.2. The van der Waals surface area contributed by atoms with Crippen molar-refractivity contribution >= 4 is 33.5 Å². The van der Waals surface area contributed by atoms with E-state index in [1.807, 2.05) is 6.92 Å². The van der Waals surface area contributed by atoms with E-state index in [1.54, 1.807) is 18.1 Å². The zero-order chi connectivity index (χ0) is 15.5. The molecule has 0 aliphatic carbocycles. The van der Waals surface area contributed by atoms with Crippen molar-refractivity contribution in [3.8, 4) is 0 Å². The van der Waals surface area contributed by atoms with Gasteiger partial charge >= 0.3 is 0 Å². The topological polar surface area (TPSA) is 37.8 Å². The number of rotatable bonds is 4. The summed E-state index contributed by atoms with van der Waals surface area (Å²) in [7, 11) is 0. The number of hydrogen-bond donors (Lipinski definition) is 1. The lowest BCUT2D eigenvalue weighted by molar-refractivity contribution is 0.590. The van der Waals surface area contributed by atoms with E-state index in [2.05, 4.69) is 76.3 Å². The number of anilines is 1. The second-order valence-corrected chi connectivity index (χ2v) is 7.60. The molecule has 0 spiro atoms. The molecule has 5 heteroatoms. The Balaban J connectivity index is 2.20. The Morgan fingerprint density at radius 3 is 2.38 bits per heavy atom. The Morgan fingerprint density at radius 1 is 1.14 bits per heavy atom. The molecular weight excluding hydrogens is 346 g/mol. The summed E-state index contributed by atoms with van der Waals surface area (Å²) in [5.41, 5.74) is 1.51. The zero-order valence-electron chi connectivity index (χ0n) is 12.8. The number of nitrogens with zero attached hydrogens (tertiary/aromatic N) is 2. The molecule has 1 aromatic heterocycles. The Morgan fingerprint density at radius 2 is 1.81 bits per heavy atom. The fourth-order valence-electron chi connectivity index (χ4n) is 1.85. The van der Waals surface area contributed by atoms with Gasteiger partial charge in [-0.2, -0.15) is 0 Å². The minimum atomic E-state index is 0.177. The van der Waals surface area contributed by atoms with Crippen LogP contribution in [0.15, 0.2) is 45.0 Å². The normalized spacial score (nSPS) is 11.5.